The first kappa shape index (κ1) is 11.9. The standard InChI is InChI=1S/C13H15NO3S/c1-17-9-3-2-8-4-5-13(10(8)6-9)14-11(7-18-13)12(15)16/h2-3,6,11,14H,4-5,7H2,1H3,(H,15,16)/t11-,13?/m0/s1. The third kappa shape index (κ3) is 1.69. The molecule has 2 N–H and O–H groups in total. The van der Waals surface area contributed by atoms with Gasteiger partial charge in [-0.2, -0.15) is 0 Å². The zero-order valence-electron chi connectivity index (χ0n) is 10.1. The topological polar surface area (TPSA) is 58.6 Å². The number of methoxy groups -OCH3 is 1. The first-order chi connectivity index (χ1) is 8.64. The second kappa shape index (κ2) is 4.17. The summed E-state index contributed by atoms with van der Waals surface area (Å²) in [5.74, 6) is 0.679. The monoisotopic (exact) mass is 265 g/mol. The van der Waals surface area contributed by atoms with Gasteiger partial charge in [0.2, 0.25) is 0 Å². The van der Waals surface area contributed by atoms with Crippen LogP contribution in [-0.2, 0) is 16.1 Å². The Morgan fingerprint density at radius 1 is 1.61 bits per heavy atom. The first-order valence-corrected chi connectivity index (χ1v) is 6.95. The second-order valence-corrected chi connectivity index (χ2v) is 6.02. The third-order valence-corrected chi connectivity index (χ3v) is 5.24. The molecule has 1 spiro atoms. The number of thioether (sulfide) groups is 1. The average molecular weight is 265 g/mol. The molecular formula is C13H15NO3S. The summed E-state index contributed by atoms with van der Waals surface area (Å²) in [7, 11) is 1.65. The van der Waals surface area contributed by atoms with Gasteiger partial charge >= 0.3 is 5.97 Å². The highest BCUT2D eigenvalue weighted by Gasteiger charge is 2.47. The van der Waals surface area contributed by atoms with Crippen molar-refractivity contribution in [2.45, 2.75) is 23.8 Å². The van der Waals surface area contributed by atoms with Crippen LogP contribution in [0.25, 0.3) is 0 Å². The molecule has 1 unspecified atom stereocenters. The fraction of sp³-hybridized carbons (Fsp3) is 0.462. The lowest BCUT2D eigenvalue weighted by molar-refractivity contribution is -0.138. The molecule has 1 saturated heterocycles. The van der Waals surface area contributed by atoms with E-state index in [1.54, 1.807) is 18.9 Å². The maximum absolute atomic E-state index is 11.1. The Labute approximate surface area is 110 Å². The minimum absolute atomic E-state index is 0.229. The lowest BCUT2D eigenvalue weighted by Gasteiger charge is -2.25. The van der Waals surface area contributed by atoms with E-state index >= 15 is 0 Å². The summed E-state index contributed by atoms with van der Waals surface area (Å²) in [6.45, 7) is 0. The number of hydrogen-bond acceptors (Lipinski definition) is 4. The Balaban J connectivity index is 1.96. The van der Waals surface area contributed by atoms with E-state index in [9.17, 15) is 4.79 Å². The van der Waals surface area contributed by atoms with Crippen LogP contribution >= 0.6 is 11.8 Å². The molecule has 0 aromatic heterocycles. The van der Waals surface area contributed by atoms with Gasteiger partial charge in [-0.15, -0.1) is 11.8 Å². The van der Waals surface area contributed by atoms with Crippen molar-refractivity contribution in [3.8, 4) is 5.75 Å². The Kier molecular flexibility index (Phi) is 2.75. The Hall–Kier alpha value is -1.20. The molecule has 1 aromatic rings. The van der Waals surface area contributed by atoms with Gasteiger partial charge in [-0.1, -0.05) is 6.07 Å². The number of nitrogens with one attached hydrogen (secondary N) is 1. The largest absolute Gasteiger partial charge is 0.497 e. The molecule has 0 saturated carbocycles. The average Bonchev–Trinajstić information content (AvgIpc) is 2.96. The number of aliphatic carboxylic acids is 1. The normalized spacial score (nSPS) is 29.5. The van der Waals surface area contributed by atoms with Gasteiger partial charge < -0.3 is 9.84 Å². The number of carbonyl (C=O) groups is 1. The molecule has 0 amide bonds. The lowest BCUT2D eigenvalue weighted by Crippen LogP contribution is -2.42. The van der Waals surface area contributed by atoms with Crippen molar-refractivity contribution in [1.82, 2.24) is 5.32 Å². The first-order valence-electron chi connectivity index (χ1n) is 5.96. The smallest absolute Gasteiger partial charge is 0.321 e. The number of benzene rings is 1. The molecule has 18 heavy (non-hydrogen) atoms. The van der Waals surface area contributed by atoms with Crippen molar-refractivity contribution in [3.05, 3.63) is 29.3 Å². The molecule has 0 bridgehead atoms. The van der Waals surface area contributed by atoms with Gasteiger partial charge in [0.15, 0.2) is 0 Å². The second-order valence-electron chi connectivity index (χ2n) is 4.70. The Morgan fingerprint density at radius 3 is 3.11 bits per heavy atom. The minimum Gasteiger partial charge on any atom is -0.497 e. The SMILES string of the molecule is COc1ccc2c(c1)C1(CC2)N[C@H](C(=O)O)CS1. The van der Waals surface area contributed by atoms with E-state index in [2.05, 4.69) is 11.4 Å². The number of hydrogen-bond donors (Lipinski definition) is 2. The number of rotatable bonds is 2. The number of carboxylic acid groups (broad SMARTS) is 1. The van der Waals surface area contributed by atoms with E-state index in [0.29, 0.717) is 5.75 Å². The molecule has 1 heterocycles. The summed E-state index contributed by atoms with van der Waals surface area (Å²) >= 11 is 1.70. The predicted molar refractivity (Wildman–Crippen MR) is 70.0 cm³/mol. The zero-order chi connectivity index (χ0) is 12.8. The van der Waals surface area contributed by atoms with Crippen LogP contribution in [0, 0.1) is 0 Å². The van der Waals surface area contributed by atoms with Crippen molar-refractivity contribution < 1.29 is 14.6 Å². The van der Waals surface area contributed by atoms with Gasteiger partial charge in [-0.25, -0.2) is 0 Å². The van der Waals surface area contributed by atoms with Crippen LogP contribution in [0.3, 0.4) is 0 Å². The highest BCUT2D eigenvalue weighted by atomic mass is 32.2. The van der Waals surface area contributed by atoms with Gasteiger partial charge in [0.05, 0.1) is 12.0 Å². The van der Waals surface area contributed by atoms with Crippen LogP contribution in [-0.4, -0.2) is 30.0 Å². The number of ether oxygens (including phenoxy) is 1. The summed E-state index contributed by atoms with van der Waals surface area (Å²) < 4.78 is 5.26. The van der Waals surface area contributed by atoms with Crippen LogP contribution < -0.4 is 10.1 Å². The van der Waals surface area contributed by atoms with E-state index in [1.807, 2.05) is 12.1 Å². The van der Waals surface area contributed by atoms with Crippen LogP contribution in [0.5, 0.6) is 5.75 Å². The van der Waals surface area contributed by atoms with Crippen LogP contribution in [0.2, 0.25) is 0 Å². The summed E-state index contributed by atoms with van der Waals surface area (Å²) in [6.07, 6.45) is 1.94. The van der Waals surface area contributed by atoms with E-state index in [1.165, 1.54) is 11.1 Å². The molecular weight excluding hydrogens is 250 g/mol. The highest BCUT2D eigenvalue weighted by molar-refractivity contribution is 8.00. The van der Waals surface area contributed by atoms with Crippen LogP contribution in [0.4, 0.5) is 0 Å². The zero-order valence-corrected chi connectivity index (χ0v) is 10.9. The molecule has 2 aliphatic rings. The van der Waals surface area contributed by atoms with Gasteiger partial charge in [-0.3, -0.25) is 10.1 Å². The van der Waals surface area contributed by atoms with Gasteiger partial charge in [0, 0.05) is 5.75 Å². The van der Waals surface area contributed by atoms with Gasteiger partial charge in [-0.05, 0) is 36.1 Å². The van der Waals surface area contributed by atoms with E-state index in [0.717, 1.165) is 18.6 Å². The van der Waals surface area contributed by atoms with Crippen LogP contribution in [0.15, 0.2) is 18.2 Å². The molecule has 3 rings (SSSR count). The Morgan fingerprint density at radius 2 is 2.44 bits per heavy atom. The van der Waals surface area contributed by atoms with Crippen molar-refractivity contribution in [2.75, 3.05) is 12.9 Å². The number of carboxylic acids is 1. The molecule has 96 valence electrons. The minimum atomic E-state index is -0.768. The highest BCUT2D eigenvalue weighted by Crippen LogP contribution is 2.49. The maximum Gasteiger partial charge on any atom is 0.321 e. The van der Waals surface area contributed by atoms with Crippen LogP contribution in [0.1, 0.15) is 17.5 Å². The summed E-state index contributed by atoms with van der Waals surface area (Å²) in [6, 6.07) is 5.63. The van der Waals surface area contributed by atoms with Crippen molar-refractivity contribution in [1.29, 1.82) is 0 Å². The van der Waals surface area contributed by atoms with E-state index in [-0.39, 0.29) is 4.87 Å². The quantitative estimate of drug-likeness (QED) is 0.850. The van der Waals surface area contributed by atoms with Crippen molar-refractivity contribution in [2.24, 2.45) is 0 Å². The molecule has 1 fully saturated rings. The molecule has 2 atom stereocenters. The summed E-state index contributed by atoms with van der Waals surface area (Å²) in [5, 5.41) is 12.4. The van der Waals surface area contributed by atoms with Crippen molar-refractivity contribution >= 4 is 17.7 Å². The van der Waals surface area contributed by atoms with E-state index in [4.69, 9.17) is 9.84 Å². The predicted octanol–water partition coefficient (Wildman–Crippen LogP) is 1.58. The molecule has 4 nitrogen and oxygen atoms in total. The number of aryl methyl sites for hydroxylation is 1. The molecule has 0 radical (unpaired) electrons. The summed E-state index contributed by atoms with van der Waals surface area (Å²) in [5.41, 5.74) is 2.48. The fourth-order valence-corrected chi connectivity index (χ4v) is 4.24. The maximum atomic E-state index is 11.1. The fourth-order valence-electron chi connectivity index (χ4n) is 2.75. The molecule has 1 aromatic carbocycles. The molecule has 1 aliphatic carbocycles. The van der Waals surface area contributed by atoms with Crippen molar-refractivity contribution in [3.63, 3.8) is 0 Å². The lowest BCUT2D eigenvalue weighted by atomic mass is 10.1. The van der Waals surface area contributed by atoms with Gasteiger partial charge in [0.25, 0.3) is 0 Å². The van der Waals surface area contributed by atoms with E-state index < -0.39 is 12.0 Å². The molecule has 5 heteroatoms. The third-order valence-electron chi connectivity index (χ3n) is 3.70. The molecule has 1 aliphatic heterocycles. The Bertz CT molecular complexity index is 505. The summed E-state index contributed by atoms with van der Waals surface area (Å²) in [4.78, 5) is 10.8. The number of fused-ring (bicyclic) bond motifs is 2. The van der Waals surface area contributed by atoms with Gasteiger partial charge in [0.1, 0.15) is 11.8 Å².